The van der Waals surface area contributed by atoms with Crippen molar-refractivity contribution in [1.29, 1.82) is 0 Å². The highest BCUT2D eigenvalue weighted by atomic mass is 19.1. The zero-order valence-corrected chi connectivity index (χ0v) is 12.6. The Bertz CT molecular complexity index is 596. The first-order valence-corrected chi connectivity index (χ1v) is 7.41. The van der Waals surface area contributed by atoms with Gasteiger partial charge in [0.05, 0.1) is 11.9 Å². The van der Waals surface area contributed by atoms with Crippen LogP contribution in [0.15, 0.2) is 42.6 Å². The number of nitrogens with one attached hydrogen (secondary N) is 2. The largest absolute Gasteiger partial charge is 0.366 e. The lowest BCUT2D eigenvalue weighted by Gasteiger charge is -2.08. The molecule has 1 heterocycles. The Morgan fingerprint density at radius 1 is 1.18 bits per heavy atom. The van der Waals surface area contributed by atoms with E-state index in [0.29, 0.717) is 24.5 Å². The zero-order valence-electron chi connectivity index (χ0n) is 12.6. The Balaban J connectivity index is 1.83. The fourth-order valence-electron chi connectivity index (χ4n) is 1.93. The number of carbonyl (C=O) groups is 1. The van der Waals surface area contributed by atoms with E-state index in [0.717, 1.165) is 18.4 Å². The number of rotatable bonds is 7. The average Bonchev–Trinajstić information content (AvgIpc) is 2.54. The number of carbonyl (C=O) groups excluding carboxylic acids is 1. The lowest BCUT2D eigenvalue weighted by molar-refractivity contribution is -0.116. The van der Waals surface area contributed by atoms with Crippen LogP contribution in [0.25, 0.3) is 0 Å². The minimum Gasteiger partial charge on any atom is -0.366 e. The normalized spacial score (nSPS) is 10.3. The first-order valence-electron chi connectivity index (χ1n) is 7.41. The van der Waals surface area contributed by atoms with E-state index in [1.54, 1.807) is 24.4 Å². The number of pyridine rings is 1. The molecule has 0 spiro atoms. The van der Waals surface area contributed by atoms with Gasteiger partial charge in [-0.1, -0.05) is 25.5 Å². The minimum absolute atomic E-state index is 0.00988. The van der Waals surface area contributed by atoms with Gasteiger partial charge in [0.15, 0.2) is 0 Å². The number of nitrogens with zero attached hydrogens (tertiary/aromatic N) is 1. The molecule has 0 aliphatic rings. The fraction of sp³-hybridized carbons (Fsp3) is 0.294. The summed E-state index contributed by atoms with van der Waals surface area (Å²) in [4.78, 5) is 15.9. The van der Waals surface area contributed by atoms with Crippen molar-refractivity contribution < 1.29 is 9.18 Å². The lowest BCUT2D eigenvalue weighted by Crippen LogP contribution is -2.11. The monoisotopic (exact) mass is 301 g/mol. The molecule has 4 nitrogen and oxygen atoms in total. The zero-order chi connectivity index (χ0) is 15.8. The van der Waals surface area contributed by atoms with Crippen LogP contribution in [0, 0.1) is 5.82 Å². The van der Waals surface area contributed by atoms with Gasteiger partial charge in [0.2, 0.25) is 5.91 Å². The average molecular weight is 301 g/mol. The van der Waals surface area contributed by atoms with E-state index < -0.39 is 0 Å². The molecule has 2 aromatic rings. The van der Waals surface area contributed by atoms with Gasteiger partial charge < -0.3 is 10.6 Å². The van der Waals surface area contributed by atoms with Crippen LogP contribution in [-0.2, 0) is 11.3 Å². The van der Waals surface area contributed by atoms with Gasteiger partial charge >= 0.3 is 0 Å². The van der Waals surface area contributed by atoms with Gasteiger partial charge in [-0.05, 0) is 36.2 Å². The van der Waals surface area contributed by atoms with E-state index in [1.807, 2.05) is 6.07 Å². The maximum atomic E-state index is 12.8. The van der Waals surface area contributed by atoms with Gasteiger partial charge in [0, 0.05) is 13.0 Å². The first-order chi connectivity index (χ1) is 10.7. The number of unbranched alkanes of at least 4 members (excludes halogenated alkanes) is 1. The van der Waals surface area contributed by atoms with E-state index in [9.17, 15) is 9.18 Å². The van der Waals surface area contributed by atoms with Crippen molar-refractivity contribution in [2.45, 2.75) is 32.7 Å². The predicted octanol–water partition coefficient (Wildman–Crippen LogP) is 3.96. The molecule has 1 aromatic heterocycles. The highest BCUT2D eigenvalue weighted by Gasteiger charge is 2.02. The Kier molecular flexibility index (Phi) is 5.89. The molecule has 2 rings (SSSR count). The van der Waals surface area contributed by atoms with Crippen molar-refractivity contribution >= 4 is 17.4 Å². The molecule has 1 amide bonds. The summed E-state index contributed by atoms with van der Waals surface area (Å²) in [6, 6.07) is 9.93. The molecular weight excluding hydrogens is 281 g/mol. The summed E-state index contributed by atoms with van der Waals surface area (Å²) in [5, 5.41) is 5.96. The molecule has 0 bridgehead atoms. The maximum absolute atomic E-state index is 12.8. The molecule has 0 radical (unpaired) electrons. The molecule has 0 aliphatic heterocycles. The van der Waals surface area contributed by atoms with Crippen LogP contribution in [0.5, 0.6) is 0 Å². The van der Waals surface area contributed by atoms with Crippen molar-refractivity contribution in [1.82, 2.24) is 4.98 Å². The number of halogens is 1. The molecular formula is C17H20FN3O. The lowest BCUT2D eigenvalue weighted by atomic mass is 10.2. The fourth-order valence-corrected chi connectivity index (χ4v) is 1.93. The van der Waals surface area contributed by atoms with Crippen LogP contribution >= 0.6 is 0 Å². The number of benzene rings is 1. The Morgan fingerprint density at radius 2 is 1.95 bits per heavy atom. The van der Waals surface area contributed by atoms with E-state index in [4.69, 9.17) is 0 Å². The van der Waals surface area contributed by atoms with Gasteiger partial charge in [0.1, 0.15) is 11.6 Å². The molecule has 2 N–H and O–H groups in total. The van der Waals surface area contributed by atoms with Crippen molar-refractivity contribution in [3.05, 3.63) is 54.0 Å². The topological polar surface area (TPSA) is 54.0 Å². The molecule has 0 atom stereocenters. The SMILES string of the molecule is CCCCC(=O)Nc1ccc(NCc2ccc(F)cc2)nc1. The predicted molar refractivity (Wildman–Crippen MR) is 86.1 cm³/mol. The third kappa shape index (κ3) is 5.16. The second kappa shape index (κ2) is 8.12. The van der Waals surface area contributed by atoms with Crippen LogP contribution in [0.4, 0.5) is 15.9 Å². The van der Waals surface area contributed by atoms with Crippen molar-refractivity contribution in [3.63, 3.8) is 0 Å². The number of anilines is 2. The molecule has 116 valence electrons. The quantitative estimate of drug-likeness (QED) is 0.814. The highest BCUT2D eigenvalue weighted by Crippen LogP contribution is 2.12. The second-order valence-electron chi connectivity index (χ2n) is 5.06. The number of amides is 1. The second-order valence-corrected chi connectivity index (χ2v) is 5.06. The Labute approximate surface area is 129 Å². The van der Waals surface area contributed by atoms with E-state index >= 15 is 0 Å². The van der Waals surface area contributed by atoms with Crippen LogP contribution in [0.3, 0.4) is 0 Å². The summed E-state index contributed by atoms with van der Waals surface area (Å²) in [6.45, 7) is 2.62. The molecule has 0 fully saturated rings. The van der Waals surface area contributed by atoms with Crippen molar-refractivity contribution in [3.8, 4) is 0 Å². The summed E-state index contributed by atoms with van der Waals surface area (Å²) in [7, 11) is 0. The first kappa shape index (κ1) is 15.9. The summed E-state index contributed by atoms with van der Waals surface area (Å²) < 4.78 is 12.8. The highest BCUT2D eigenvalue weighted by molar-refractivity contribution is 5.90. The van der Waals surface area contributed by atoms with Crippen molar-refractivity contribution in [2.24, 2.45) is 0 Å². The molecule has 0 aliphatic carbocycles. The summed E-state index contributed by atoms with van der Waals surface area (Å²) in [5.74, 6) is 0.469. The van der Waals surface area contributed by atoms with Crippen molar-refractivity contribution in [2.75, 3.05) is 10.6 Å². The molecule has 1 aromatic carbocycles. The van der Waals surface area contributed by atoms with Crippen LogP contribution in [0.2, 0.25) is 0 Å². The third-order valence-corrected chi connectivity index (χ3v) is 3.19. The summed E-state index contributed by atoms with van der Waals surface area (Å²) in [5.41, 5.74) is 1.66. The molecule has 5 heteroatoms. The maximum Gasteiger partial charge on any atom is 0.224 e. The van der Waals surface area contributed by atoms with Gasteiger partial charge in [-0.2, -0.15) is 0 Å². The molecule has 0 unspecified atom stereocenters. The standard InChI is InChI=1S/C17H20FN3O/c1-2-3-4-17(22)21-15-9-10-16(20-12-15)19-11-13-5-7-14(18)8-6-13/h5-10,12H,2-4,11H2,1H3,(H,19,20)(H,21,22). The van der Waals surface area contributed by atoms with E-state index in [2.05, 4.69) is 22.5 Å². The van der Waals surface area contributed by atoms with Gasteiger partial charge in [-0.3, -0.25) is 4.79 Å². The number of hydrogen-bond acceptors (Lipinski definition) is 3. The van der Waals surface area contributed by atoms with E-state index in [1.165, 1.54) is 12.1 Å². The minimum atomic E-state index is -0.245. The third-order valence-electron chi connectivity index (χ3n) is 3.19. The molecule has 22 heavy (non-hydrogen) atoms. The van der Waals surface area contributed by atoms with Gasteiger partial charge in [0.25, 0.3) is 0 Å². The van der Waals surface area contributed by atoms with Crippen LogP contribution in [0.1, 0.15) is 31.7 Å². The summed E-state index contributed by atoms with van der Waals surface area (Å²) >= 11 is 0. The number of hydrogen-bond donors (Lipinski definition) is 2. The Hall–Kier alpha value is -2.43. The Morgan fingerprint density at radius 3 is 2.59 bits per heavy atom. The number of aromatic nitrogens is 1. The molecule has 0 saturated heterocycles. The van der Waals surface area contributed by atoms with Gasteiger partial charge in [-0.25, -0.2) is 9.37 Å². The smallest absolute Gasteiger partial charge is 0.224 e. The van der Waals surface area contributed by atoms with Crippen LogP contribution < -0.4 is 10.6 Å². The van der Waals surface area contributed by atoms with E-state index in [-0.39, 0.29) is 11.7 Å². The van der Waals surface area contributed by atoms with Crippen LogP contribution in [-0.4, -0.2) is 10.9 Å². The summed E-state index contributed by atoms with van der Waals surface area (Å²) in [6.07, 6.45) is 4.03. The molecule has 0 saturated carbocycles. The van der Waals surface area contributed by atoms with Gasteiger partial charge in [-0.15, -0.1) is 0 Å².